The van der Waals surface area contributed by atoms with Gasteiger partial charge in [0.05, 0.1) is 12.2 Å². The van der Waals surface area contributed by atoms with Gasteiger partial charge in [0.15, 0.2) is 0 Å². The van der Waals surface area contributed by atoms with Crippen LogP contribution in [0, 0.1) is 5.82 Å². The summed E-state index contributed by atoms with van der Waals surface area (Å²) in [5, 5.41) is 0. The molecule has 3 nitrogen and oxygen atoms in total. The fraction of sp³-hybridized carbons (Fsp3) is 0.188. The van der Waals surface area contributed by atoms with Crippen molar-refractivity contribution in [1.29, 1.82) is 0 Å². The van der Waals surface area contributed by atoms with Crippen LogP contribution in [0.3, 0.4) is 0 Å². The Bertz CT molecular complexity index is 693. The summed E-state index contributed by atoms with van der Waals surface area (Å²) in [6.45, 7) is 1.70. The summed E-state index contributed by atoms with van der Waals surface area (Å²) < 4.78 is 59.2. The highest BCUT2D eigenvalue weighted by atomic mass is 19.4. The molecule has 0 saturated heterocycles. The van der Waals surface area contributed by atoms with Crippen LogP contribution in [-0.2, 0) is 4.74 Å². The molecule has 0 aliphatic rings. The van der Waals surface area contributed by atoms with E-state index in [0.717, 1.165) is 12.1 Å². The minimum absolute atomic E-state index is 0.0779. The van der Waals surface area contributed by atoms with Crippen molar-refractivity contribution in [2.45, 2.75) is 13.3 Å². The van der Waals surface area contributed by atoms with Crippen LogP contribution in [0.5, 0.6) is 5.75 Å². The lowest BCUT2D eigenvalue weighted by Gasteiger charge is -2.11. The highest BCUT2D eigenvalue weighted by molar-refractivity contribution is 5.91. The van der Waals surface area contributed by atoms with Crippen LogP contribution in [-0.4, -0.2) is 18.9 Å². The van der Waals surface area contributed by atoms with E-state index in [9.17, 15) is 22.4 Å². The van der Waals surface area contributed by atoms with Crippen molar-refractivity contribution < 1.29 is 31.8 Å². The van der Waals surface area contributed by atoms with Crippen LogP contribution < -0.4 is 4.74 Å². The molecule has 0 aromatic heterocycles. The van der Waals surface area contributed by atoms with E-state index < -0.39 is 23.9 Å². The van der Waals surface area contributed by atoms with Gasteiger partial charge in [-0.05, 0) is 30.7 Å². The van der Waals surface area contributed by atoms with E-state index in [1.165, 1.54) is 30.3 Å². The van der Waals surface area contributed by atoms with Gasteiger partial charge in [0, 0.05) is 5.56 Å². The topological polar surface area (TPSA) is 35.5 Å². The molecule has 0 aliphatic carbocycles. The van der Waals surface area contributed by atoms with Crippen LogP contribution in [0.1, 0.15) is 17.3 Å². The number of esters is 1. The Morgan fingerprint density at radius 1 is 1.09 bits per heavy atom. The van der Waals surface area contributed by atoms with Crippen molar-refractivity contribution in [3.8, 4) is 16.9 Å². The summed E-state index contributed by atoms with van der Waals surface area (Å²) in [4.78, 5) is 11.7. The fourth-order valence-electron chi connectivity index (χ4n) is 1.96. The number of halogens is 4. The predicted molar refractivity (Wildman–Crippen MR) is 74.5 cm³/mol. The smallest absolute Gasteiger partial charge is 0.462 e. The molecule has 0 bridgehead atoms. The molecule has 0 unspecified atom stereocenters. The van der Waals surface area contributed by atoms with Crippen molar-refractivity contribution in [2.75, 3.05) is 6.61 Å². The minimum atomic E-state index is -4.80. The summed E-state index contributed by atoms with van der Waals surface area (Å²) >= 11 is 0. The number of carbonyl (C=O) groups excluding carboxylic acids is 1. The molecule has 0 spiro atoms. The molecular weight excluding hydrogens is 316 g/mol. The molecular formula is C16H12F4O3. The summed E-state index contributed by atoms with van der Waals surface area (Å²) in [5.74, 6) is -2.01. The molecule has 2 aromatic carbocycles. The Kier molecular flexibility index (Phi) is 4.88. The zero-order valence-corrected chi connectivity index (χ0v) is 12.0. The van der Waals surface area contributed by atoms with E-state index in [4.69, 9.17) is 4.74 Å². The molecule has 7 heteroatoms. The van der Waals surface area contributed by atoms with Crippen molar-refractivity contribution in [1.82, 2.24) is 0 Å². The number of carbonyl (C=O) groups is 1. The number of benzene rings is 2. The third-order valence-corrected chi connectivity index (χ3v) is 2.89. The Labute approximate surface area is 129 Å². The predicted octanol–water partition coefficient (Wildman–Crippen LogP) is 4.57. The van der Waals surface area contributed by atoms with Crippen molar-refractivity contribution in [3.63, 3.8) is 0 Å². The molecule has 0 aliphatic heterocycles. The lowest BCUT2D eigenvalue weighted by molar-refractivity contribution is -0.274. The number of hydrogen-bond acceptors (Lipinski definition) is 3. The summed E-state index contributed by atoms with van der Waals surface area (Å²) in [6, 6.07) is 8.84. The van der Waals surface area contributed by atoms with E-state index in [1.54, 1.807) is 6.92 Å². The maximum absolute atomic E-state index is 14.4. The zero-order valence-electron chi connectivity index (χ0n) is 12.0. The average molecular weight is 328 g/mol. The van der Waals surface area contributed by atoms with Gasteiger partial charge in [0.2, 0.25) is 0 Å². The van der Waals surface area contributed by atoms with Crippen LogP contribution >= 0.6 is 0 Å². The first-order valence-corrected chi connectivity index (χ1v) is 6.63. The summed E-state index contributed by atoms with van der Waals surface area (Å²) in [6.07, 6.45) is -4.80. The first-order valence-electron chi connectivity index (χ1n) is 6.63. The maximum Gasteiger partial charge on any atom is 0.573 e. The molecule has 0 amide bonds. The van der Waals surface area contributed by atoms with Gasteiger partial charge in [0.1, 0.15) is 11.6 Å². The second-order valence-corrected chi connectivity index (χ2v) is 4.46. The fourth-order valence-corrected chi connectivity index (χ4v) is 1.96. The van der Waals surface area contributed by atoms with Gasteiger partial charge in [-0.15, -0.1) is 13.2 Å². The highest BCUT2D eigenvalue weighted by Gasteiger charge is 2.31. The average Bonchev–Trinajstić information content (AvgIpc) is 2.47. The monoisotopic (exact) mass is 328 g/mol. The quantitative estimate of drug-likeness (QED) is 0.609. The number of hydrogen-bond donors (Lipinski definition) is 0. The lowest BCUT2D eigenvalue weighted by atomic mass is 10.0. The normalized spacial score (nSPS) is 11.2. The standard InChI is InChI=1S/C16H12F4O3/c1-2-22-15(21)13-5-3-4-12(14(13)17)10-6-8-11(9-7-10)23-16(18,19)20/h3-9H,2H2,1H3. The second-order valence-electron chi connectivity index (χ2n) is 4.46. The van der Waals surface area contributed by atoms with Crippen molar-refractivity contribution in [2.24, 2.45) is 0 Å². The SMILES string of the molecule is CCOC(=O)c1cccc(-c2ccc(OC(F)(F)F)cc2)c1F. The van der Waals surface area contributed by atoms with E-state index in [2.05, 4.69) is 4.74 Å². The van der Waals surface area contributed by atoms with Gasteiger partial charge in [-0.3, -0.25) is 0 Å². The van der Waals surface area contributed by atoms with Crippen molar-refractivity contribution in [3.05, 3.63) is 53.8 Å². The van der Waals surface area contributed by atoms with Crippen LogP contribution in [0.2, 0.25) is 0 Å². The van der Waals surface area contributed by atoms with Gasteiger partial charge in [-0.2, -0.15) is 0 Å². The van der Waals surface area contributed by atoms with Crippen LogP contribution in [0.15, 0.2) is 42.5 Å². The number of rotatable bonds is 4. The van der Waals surface area contributed by atoms with Gasteiger partial charge < -0.3 is 9.47 Å². The maximum atomic E-state index is 14.4. The molecule has 122 valence electrons. The number of alkyl halides is 3. The highest BCUT2D eigenvalue weighted by Crippen LogP contribution is 2.29. The van der Waals surface area contributed by atoms with Gasteiger partial charge in [-0.1, -0.05) is 24.3 Å². The Morgan fingerprint density at radius 2 is 1.74 bits per heavy atom. The van der Waals surface area contributed by atoms with E-state index >= 15 is 0 Å². The summed E-state index contributed by atoms with van der Waals surface area (Å²) in [7, 11) is 0. The van der Waals surface area contributed by atoms with E-state index in [0.29, 0.717) is 5.56 Å². The summed E-state index contributed by atoms with van der Waals surface area (Å²) in [5.41, 5.74) is 0.150. The van der Waals surface area contributed by atoms with Crippen LogP contribution in [0.25, 0.3) is 11.1 Å². The third-order valence-electron chi connectivity index (χ3n) is 2.89. The van der Waals surface area contributed by atoms with Gasteiger partial charge in [-0.25, -0.2) is 9.18 Å². The largest absolute Gasteiger partial charge is 0.573 e. The van der Waals surface area contributed by atoms with Crippen molar-refractivity contribution >= 4 is 5.97 Å². The lowest BCUT2D eigenvalue weighted by Crippen LogP contribution is -2.16. The van der Waals surface area contributed by atoms with E-state index in [1.807, 2.05) is 0 Å². The molecule has 0 heterocycles. The molecule has 2 rings (SSSR count). The second kappa shape index (κ2) is 6.68. The van der Waals surface area contributed by atoms with Crippen LogP contribution in [0.4, 0.5) is 17.6 Å². The first-order chi connectivity index (χ1) is 10.8. The molecule has 23 heavy (non-hydrogen) atoms. The van der Waals surface area contributed by atoms with E-state index in [-0.39, 0.29) is 17.7 Å². The molecule has 0 atom stereocenters. The van der Waals surface area contributed by atoms with Gasteiger partial charge in [0.25, 0.3) is 0 Å². The molecule has 2 aromatic rings. The Hall–Kier alpha value is -2.57. The molecule has 0 N–H and O–H groups in total. The minimum Gasteiger partial charge on any atom is -0.462 e. The Balaban J connectivity index is 2.32. The third kappa shape index (κ3) is 4.21. The molecule has 0 radical (unpaired) electrons. The zero-order chi connectivity index (χ0) is 17.0. The Morgan fingerprint density at radius 3 is 2.30 bits per heavy atom. The molecule has 0 fully saturated rings. The molecule has 0 saturated carbocycles. The number of ether oxygens (including phenoxy) is 2. The first kappa shape index (κ1) is 16.8. The van der Waals surface area contributed by atoms with Gasteiger partial charge >= 0.3 is 12.3 Å².